The number of rotatable bonds is 1. The molecule has 2 heterocycles. The molecule has 0 atom stereocenters. The number of carbonyl (C=O) groups excluding carboxylic acids is 1. The number of piperidine rings is 1. The van der Waals surface area contributed by atoms with Crippen LogP contribution in [0.15, 0.2) is 10.7 Å². The van der Waals surface area contributed by atoms with Gasteiger partial charge in [0.2, 0.25) is 0 Å². The van der Waals surface area contributed by atoms with E-state index in [9.17, 15) is 4.79 Å². The van der Waals surface area contributed by atoms with Crippen molar-refractivity contribution < 1.29 is 9.53 Å². The van der Waals surface area contributed by atoms with E-state index in [0.717, 1.165) is 36.2 Å². The molecule has 5 nitrogen and oxygen atoms in total. The van der Waals surface area contributed by atoms with Crippen molar-refractivity contribution in [1.29, 1.82) is 0 Å². The van der Waals surface area contributed by atoms with Crippen LogP contribution in [-0.2, 0) is 4.74 Å². The summed E-state index contributed by atoms with van der Waals surface area (Å²) in [6.45, 7) is 7.13. The highest BCUT2D eigenvalue weighted by molar-refractivity contribution is 9.10. The zero-order chi connectivity index (χ0) is 14.0. The molecule has 19 heavy (non-hydrogen) atoms. The fraction of sp³-hybridized carbons (Fsp3) is 0.692. The van der Waals surface area contributed by atoms with Crippen molar-refractivity contribution in [1.82, 2.24) is 15.1 Å². The molecule has 0 aliphatic carbocycles. The third-order valence-corrected chi connectivity index (χ3v) is 3.56. The molecule has 1 aromatic rings. The molecule has 6 heteroatoms. The number of H-pyrrole nitrogens is 1. The summed E-state index contributed by atoms with van der Waals surface area (Å²) in [6, 6.07) is 2.01. The van der Waals surface area contributed by atoms with Crippen molar-refractivity contribution >= 4 is 22.0 Å². The molecule has 0 spiro atoms. The van der Waals surface area contributed by atoms with Gasteiger partial charge in [0, 0.05) is 24.7 Å². The summed E-state index contributed by atoms with van der Waals surface area (Å²) in [5, 5.41) is 7.11. The van der Waals surface area contributed by atoms with Crippen LogP contribution in [0.2, 0.25) is 0 Å². The third kappa shape index (κ3) is 3.96. The van der Waals surface area contributed by atoms with E-state index in [1.54, 1.807) is 4.90 Å². The Morgan fingerprint density at radius 2 is 2.11 bits per heavy atom. The standard InChI is InChI=1S/C13H20BrN3O2/c1-13(2,3)19-12(18)17-6-4-9(5-7-17)10-8-11(14)16-15-10/h8-9H,4-7H2,1-3H3,(H,15,16). The summed E-state index contributed by atoms with van der Waals surface area (Å²) < 4.78 is 6.21. The molecule has 0 aromatic carbocycles. The number of hydrogen-bond donors (Lipinski definition) is 1. The molecular weight excluding hydrogens is 310 g/mol. The molecule has 1 amide bonds. The first-order chi connectivity index (χ1) is 8.85. The molecule has 1 N–H and O–H groups in total. The number of aromatic nitrogens is 2. The summed E-state index contributed by atoms with van der Waals surface area (Å²) in [4.78, 5) is 13.7. The quantitative estimate of drug-likeness (QED) is 0.860. The molecule has 0 bridgehead atoms. The Kier molecular flexibility index (Phi) is 4.18. The molecule has 0 radical (unpaired) electrons. The van der Waals surface area contributed by atoms with Crippen molar-refractivity contribution in [3.05, 3.63) is 16.4 Å². The van der Waals surface area contributed by atoms with E-state index in [2.05, 4.69) is 26.1 Å². The van der Waals surface area contributed by atoms with Crippen molar-refractivity contribution in [3.63, 3.8) is 0 Å². The highest BCUT2D eigenvalue weighted by Gasteiger charge is 2.28. The van der Waals surface area contributed by atoms with Gasteiger partial charge in [-0.15, -0.1) is 0 Å². The third-order valence-electron chi connectivity index (χ3n) is 3.15. The molecule has 2 rings (SSSR count). The predicted molar refractivity (Wildman–Crippen MR) is 76.1 cm³/mol. The lowest BCUT2D eigenvalue weighted by atomic mass is 9.94. The Morgan fingerprint density at radius 1 is 1.47 bits per heavy atom. The Bertz CT molecular complexity index is 445. The normalized spacial score (nSPS) is 17.6. The average Bonchev–Trinajstić information content (AvgIpc) is 2.74. The number of nitrogens with zero attached hydrogens (tertiary/aromatic N) is 2. The topological polar surface area (TPSA) is 58.2 Å². The molecule has 1 aliphatic rings. The summed E-state index contributed by atoms with van der Waals surface area (Å²) in [5.74, 6) is 0.442. The van der Waals surface area contributed by atoms with Crippen LogP contribution in [0.1, 0.15) is 45.2 Å². The van der Waals surface area contributed by atoms with Crippen LogP contribution in [0.5, 0.6) is 0 Å². The van der Waals surface area contributed by atoms with Gasteiger partial charge < -0.3 is 9.64 Å². The zero-order valence-corrected chi connectivity index (χ0v) is 13.2. The van der Waals surface area contributed by atoms with Gasteiger partial charge in [-0.05, 0) is 55.6 Å². The lowest BCUT2D eigenvalue weighted by Gasteiger charge is -2.33. The number of amides is 1. The molecule has 1 saturated heterocycles. The van der Waals surface area contributed by atoms with Gasteiger partial charge in [0.05, 0.1) is 0 Å². The largest absolute Gasteiger partial charge is 0.444 e. The van der Waals surface area contributed by atoms with Crippen molar-refractivity contribution in [2.45, 2.75) is 45.1 Å². The molecule has 1 aromatic heterocycles. The number of carbonyl (C=O) groups is 1. The Balaban J connectivity index is 1.87. The van der Waals surface area contributed by atoms with E-state index < -0.39 is 5.60 Å². The van der Waals surface area contributed by atoms with E-state index in [4.69, 9.17) is 4.74 Å². The Labute approximate surface area is 121 Å². The maximum absolute atomic E-state index is 11.9. The second-order valence-electron chi connectivity index (χ2n) is 5.89. The first kappa shape index (κ1) is 14.4. The second-order valence-corrected chi connectivity index (χ2v) is 6.70. The van der Waals surface area contributed by atoms with Crippen LogP contribution in [0.4, 0.5) is 4.79 Å². The van der Waals surface area contributed by atoms with E-state index >= 15 is 0 Å². The molecular formula is C13H20BrN3O2. The van der Waals surface area contributed by atoms with Gasteiger partial charge in [-0.2, -0.15) is 5.10 Å². The molecule has 0 saturated carbocycles. The van der Waals surface area contributed by atoms with Gasteiger partial charge >= 0.3 is 6.09 Å². The highest BCUT2D eigenvalue weighted by Crippen LogP contribution is 2.28. The minimum Gasteiger partial charge on any atom is -0.444 e. The zero-order valence-electron chi connectivity index (χ0n) is 11.6. The fourth-order valence-electron chi connectivity index (χ4n) is 2.22. The molecule has 0 unspecified atom stereocenters. The van der Waals surface area contributed by atoms with Gasteiger partial charge in [0.25, 0.3) is 0 Å². The number of ether oxygens (including phenoxy) is 1. The Morgan fingerprint density at radius 3 is 2.58 bits per heavy atom. The smallest absolute Gasteiger partial charge is 0.410 e. The number of hydrogen-bond acceptors (Lipinski definition) is 3. The van der Waals surface area contributed by atoms with Gasteiger partial charge in [-0.1, -0.05) is 0 Å². The van der Waals surface area contributed by atoms with Crippen LogP contribution < -0.4 is 0 Å². The van der Waals surface area contributed by atoms with Gasteiger partial charge in [0.15, 0.2) is 0 Å². The van der Waals surface area contributed by atoms with Crippen LogP contribution in [0.3, 0.4) is 0 Å². The number of likely N-dealkylation sites (tertiary alicyclic amines) is 1. The highest BCUT2D eigenvalue weighted by atomic mass is 79.9. The van der Waals surface area contributed by atoms with E-state index in [1.165, 1.54) is 0 Å². The van der Waals surface area contributed by atoms with Gasteiger partial charge in [0.1, 0.15) is 10.2 Å². The van der Waals surface area contributed by atoms with Crippen LogP contribution in [-0.4, -0.2) is 39.9 Å². The van der Waals surface area contributed by atoms with E-state index in [0.29, 0.717) is 5.92 Å². The van der Waals surface area contributed by atoms with Gasteiger partial charge in [-0.25, -0.2) is 4.79 Å². The maximum atomic E-state index is 11.9. The SMILES string of the molecule is CC(C)(C)OC(=O)N1CCC(c2cc(Br)n[nH]2)CC1. The lowest BCUT2D eigenvalue weighted by molar-refractivity contribution is 0.0204. The monoisotopic (exact) mass is 329 g/mol. The molecule has 106 valence electrons. The summed E-state index contributed by atoms with van der Waals surface area (Å²) >= 11 is 3.34. The summed E-state index contributed by atoms with van der Waals surface area (Å²) in [6.07, 6.45) is 1.67. The van der Waals surface area contributed by atoms with Crippen molar-refractivity contribution in [2.24, 2.45) is 0 Å². The average molecular weight is 330 g/mol. The minimum atomic E-state index is -0.428. The van der Waals surface area contributed by atoms with E-state index in [1.807, 2.05) is 26.8 Å². The summed E-state index contributed by atoms with van der Waals surface area (Å²) in [5.41, 5.74) is 0.707. The second kappa shape index (κ2) is 5.53. The van der Waals surface area contributed by atoms with Crippen LogP contribution >= 0.6 is 15.9 Å². The molecule has 1 aliphatic heterocycles. The number of aromatic amines is 1. The van der Waals surface area contributed by atoms with Crippen molar-refractivity contribution in [2.75, 3.05) is 13.1 Å². The van der Waals surface area contributed by atoms with Crippen LogP contribution in [0, 0.1) is 0 Å². The lowest BCUT2D eigenvalue weighted by Crippen LogP contribution is -2.41. The predicted octanol–water partition coefficient (Wildman–Crippen LogP) is 3.29. The first-order valence-corrected chi connectivity index (χ1v) is 7.33. The van der Waals surface area contributed by atoms with Gasteiger partial charge in [-0.3, -0.25) is 5.10 Å². The minimum absolute atomic E-state index is 0.211. The summed E-state index contributed by atoms with van der Waals surface area (Å²) in [7, 11) is 0. The maximum Gasteiger partial charge on any atom is 0.410 e. The van der Waals surface area contributed by atoms with Crippen LogP contribution in [0.25, 0.3) is 0 Å². The Hall–Kier alpha value is -1.04. The number of halogens is 1. The fourth-order valence-corrected chi connectivity index (χ4v) is 2.55. The molecule has 1 fully saturated rings. The number of nitrogens with one attached hydrogen (secondary N) is 1. The van der Waals surface area contributed by atoms with Crippen molar-refractivity contribution in [3.8, 4) is 0 Å². The van der Waals surface area contributed by atoms with E-state index in [-0.39, 0.29) is 6.09 Å². The first-order valence-electron chi connectivity index (χ1n) is 6.54.